The minimum atomic E-state index is -0.178. The lowest BCUT2D eigenvalue weighted by atomic mass is 10.1. The van der Waals surface area contributed by atoms with Crippen molar-refractivity contribution in [2.24, 2.45) is 5.73 Å². The van der Waals surface area contributed by atoms with Gasteiger partial charge in [0.2, 0.25) is 0 Å². The number of carbonyl (C=O) groups is 1. The van der Waals surface area contributed by atoms with E-state index in [0.717, 1.165) is 43.8 Å². The molecule has 1 aliphatic heterocycles. The molecule has 2 heterocycles. The minimum absolute atomic E-state index is 0.0353. The third-order valence-corrected chi connectivity index (χ3v) is 6.00. The number of hydrogen-bond acceptors (Lipinski definition) is 5. The summed E-state index contributed by atoms with van der Waals surface area (Å²) in [7, 11) is 4.17. The third kappa shape index (κ3) is 4.69. The number of carbonyl (C=O) groups excluding carboxylic acids is 1. The summed E-state index contributed by atoms with van der Waals surface area (Å²) in [6, 6.07) is 10.4. The van der Waals surface area contributed by atoms with Crippen LogP contribution in [0, 0.1) is 0 Å². The summed E-state index contributed by atoms with van der Waals surface area (Å²) in [4.78, 5) is 21.7. The third-order valence-electron chi connectivity index (χ3n) is 5.02. The number of hydrogen-bond donors (Lipinski definition) is 1. The summed E-state index contributed by atoms with van der Waals surface area (Å²) in [6.07, 6.45) is 4.09. The largest absolute Gasteiger partial charge is 0.336 e. The van der Waals surface area contributed by atoms with Crippen LogP contribution in [0.1, 0.15) is 46.4 Å². The van der Waals surface area contributed by atoms with Crippen LogP contribution in [-0.4, -0.2) is 53.9 Å². The molecule has 1 aromatic heterocycles. The second kappa shape index (κ2) is 8.75. The van der Waals surface area contributed by atoms with Gasteiger partial charge in [-0.05, 0) is 38.9 Å². The summed E-state index contributed by atoms with van der Waals surface area (Å²) in [6.45, 7) is 1.58. The number of likely N-dealkylation sites (tertiary alicyclic amines) is 1. The quantitative estimate of drug-likeness (QED) is 0.876. The van der Waals surface area contributed by atoms with E-state index in [9.17, 15) is 4.79 Å². The highest BCUT2D eigenvalue weighted by Gasteiger charge is 2.26. The lowest BCUT2D eigenvalue weighted by Gasteiger charge is -2.28. The van der Waals surface area contributed by atoms with Gasteiger partial charge in [-0.1, -0.05) is 36.8 Å². The standard InChI is InChI=1S/C20H28N4OS/c1-23(2)16-10-6-7-11-24(13-16)20(25)18-14-26-19(22-18)17(21)12-15-8-4-3-5-9-15/h3-5,8-9,14,16-17H,6-7,10-13,21H2,1-2H3/t16-,17-/m0/s1. The van der Waals surface area contributed by atoms with E-state index in [0.29, 0.717) is 11.7 Å². The van der Waals surface area contributed by atoms with E-state index in [4.69, 9.17) is 5.73 Å². The molecule has 1 amide bonds. The summed E-state index contributed by atoms with van der Waals surface area (Å²) >= 11 is 1.49. The van der Waals surface area contributed by atoms with Crippen molar-refractivity contribution in [1.82, 2.24) is 14.8 Å². The van der Waals surface area contributed by atoms with Crippen molar-refractivity contribution < 1.29 is 4.79 Å². The van der Waals surface area contributed by atoms with Crippen LogP contribution in [0.25, 0.3) is 0 Å². The predicted octanol–water partition coefficient (Wildman–Crippen LogP) is 2.94. The number of likely N-dealkylation sites (N-methyl/N-ethyl adjacent to an activating group) is 1. The molecule has 26 heavy (non-hydrogen) atoms. The SMILES string of the molecule is CN(C)[C@H]1CCCCN(C(=O)c2csc([C@@H](N)Cc3ccccc3)n2)C1. The molecule has 0 unspecified atom stereocenters. The van der Waals surface area contributed by atoms with Gasteiger partial charge in [-0.25, -0.2) is 4.98 Å². The molecular formula is C20H28N4OS. The monoisotopic (exact) mass is 372 g/mol. The smallest absolute Gasteiger partial charge is 0.273 e. The molecule has 0 bridgehead atoms. The van der Waals surface area contributed by atoms with Crippen molar-refractivity contribution in [2.75, 3.05) is 27.2 Å². The molecule has 1 saturated heterocycles. The fourth-order valence-corrected chi connectivity index (χ4v) is 4.19. The van der Waals surface area contributed by atoms with E-state index < -0.39 is 0 Å². The van der Waals surface area contributed by atoms with Crippen LogP contribution in [0.5, 0.6) is 0 Å². The van der Waals surface area contributed by atoms with Gasteiger partial charge in [-0.2, -0.15) is 0 Å². The molecule has 140 valence electrons. The molecule has 0 aliphatic carbocycles. The van der Waals surface area contributed by atoms with Crippen LogP contribution < -0.4 is 5.73 Å². The van der Waals surface area contributed by atoms with Crippen molar-refractivity contribution in [2.45, 2.75) is 37.8 Å². The van der Waals surface area contributed by atoms with Crippen LogP contribution in [-0.2, 0) is 6.42 Å². The molecular weight excluding hydrogens is 344 g/mol. The van der Waals surface area contributed by atoms with Gasteiger partial charge in [0.15, 0.2) is 0 Å². The zero-order valence-electron chi connectivity index (χ0n) is 15.6. The first-order chi connectivity index (χ1) is 12.5. The van der Waals surface area contributed by atoms with Crippen LogP contribution in [0.4, 0.5) is 0 Å². The summed E-state index contributed by atoms with van der Waals surface area (Å²) in [5, 5.41) is 2.69. The van der Waals surface area contributed by atoms with E-state index in [-0.39, 0.29) is 11.9 Å². The minimum Gasteiger partial charge on any atom is -0.336 e. The van der Waals surface area contributed by atoms with E-state index in [2.05, 4.69) is 36.1 Å². The van der Waals surface area contributed by atoms with E-state index in [1.807, 2.05) is 28.5 Å². The Kier molecular flexibility index (Phi) is 6.40. The number of nitrogens with zero attached hydrogens (tertiary/aromatic N) is 3. The maximum atomic E-state index is 12.9. The number of thiazole rings is 1. The lowest BCUT2D eigenvalue weighted by Crippen LogP contribution is -2.42. The molecule has 5 nitrogen and oxygen atoms in total. The number of amides is 1. The molecule has 0 radical (unpaired) electrons. The van der Waals surface area contributed by atoms with Crippen LogP contribution in [0.2, 0.25) is 0 Å². The summed E-state index contributed by atoms with van der Waals surface area (Å²) in [5.41, 5.74) is 8.04. The van der Waals surface area contributed by atoms with Gasteiger partial charge in [0.05, 0.1) is 6.04 Å². The van der Waals surface area contributed by atoms with E-state index in [1.165, 1.54) is 16.9 Å². The van der Waals surface area contributed by atoms with E-state index in [1.54, 1.807) is 0 Å². The highest BCUT2D eigenvalue weighted by molar-refractivity contribution is 7.09. The Labute approximate surface area is 159 Å². The maximum absolute atomic E-state index is 12.9. The highest BCUT2D eigenvalue weighted by atomic mass is 32.1. The topological polar surface area (TPSA) is 62.5 Å². The number of nitrogens with two attached hydrogens (primary N) is 1. The molecule has 1 aromatic carbocycles. The Morgan fingerprint density at radius 3 is 2.85 bits per heavy atom. The van der Waals surface area contributed by atoms with Gasteiger partial charge in [0, 0.05) is 24.5 Å². The predicted molar refractivity (Wildman–Crippen MR) is 106 cm³/mol. The Hall–Kier alpha value is -1.76. The molecule has 2 aromatic rings. The number of aromatic nitrogens is 1. The average molecular weight is 373 g/mol. The Balaban J connectivity index is 1.67. The molecule has 6 heteroatoms. The molecule has 0 spiro atoms. The molecule has 2 N–H and O–H groups in total. The van der Waals surface area contributed by atoms with Gasteiger partial charge >= 0.3 is 0 Å². The zero-order valence-corrected chi connectivity index (χ0v) is 16.4. The van der Waals surface area contributed by atoms with Crippen molar-refractivity contribution >= 4 is 17.2 Å². The molecule has 3 rings (SSSR count). The normalized spacial score (nSPS) is 19.4. The second-order valence-corrected chi connectivity index (χ2v) is 8.12. The van der Waals surface area contributed by atoms with Crippen LogP contribution in [0.3, 0.4) is 0 Å². The van der Waals surface area contributed by atoms with Gasteiger partial charge in [0.25, 0.3) is 5.91 Å². The number of rotatable bonds is 5. The molecule has 0 saturated carbocycles. The first-order valence-corrected chi connectivity index (χ1v) is 10.1. The molecule has 1 fully saturated rings. The van der Waals surface area contributed by atoms with Crippen molar-refractivity contribution in [3.8, 4) is 0 Å². The van der Waals surface area contributed by atoms with Gasteiger partial charge < -0.3 is 15.5 Å². The summed E-state index contributed by atoms with van der Waals surface area (Å²) in [5.74, 6) is 0.0353. The number of benzene rings is 1. The van der Waals surface area contributed by atoms with Crippen molar-refractivity contribution in [3.05, 3.63) is 52.0 Å². The van der Waals surface area contributed by atoms with Crippen LogP contribution in [0.15, 0.2) is 35.7 Å². The fourth-order valence-electron chi connectivity index (χ4n) is 3.40. The highest BCUT2D eigenvalue weighted by Crippen LogP contribution is 2.22. The average Bonchev–Trinajstić information content (AvgIpc) is 3.00. The maximum Gasteiger partial charge on any atom is 0.273 e. The zero-order chi connectivity index (χ0) is 18.5. The Morgan fingerprint density at radius 1 is 1.35 bits per heavy atom. The van der Waals surface area contributed by atoms with Gasteiger partial charge in [-0.3, -0.25) is 4.79 Å². The molecule has 2 atom stereocenters. The molecule has 1 aliphatic rings. The summed E-state index contributed by atoms with van der Waals surface area (Å²) < 4.78 is 0. The van der Waals surface area contributed by atoms with Gasteiger partial charge in [-0.15, -0.1) is 11.3 Å². The van der Waals surface area contributed by atoms with Crippen molar-refractivity contribution in [3.63, 3.8) is 0 Å². The van der Waals surface area contributed by atoms with E-state index >= 15 is 0 Å². The Morgan fingerprint density at radius 2 is 2.12 bits per heavy atom. The lowest BCUT2D eigenvalue weighted by molar-refractivity contribution is 0.0720. The van der Waals surface area contributed by atoms with Gasteiger partial charge in [0.1, 0.15) is 10.7 Å². The first kappa shape index (κ1) is 19.0. The first-order valence-electron chi connectivity index (χ1n) is 9.25. The van der Waals surface area contributed by atoms with Crippen molar-refractivity contribution in [1.29, 1.82) is 0 Å². The van der Waals surface area contributed by atoms with Crippen LogP contribution >= 0.6 is 11.3 Å². The Bertz CT molecular complexity index is 716. The fraction of sp³-hybridized carbons (Fsp3) is 0.500. The second-order valence-electron chi connectivity index (χ2n) is 7.23.